The van der Waals surface area contributed by atoms with Crippen LogP contribution in [0.25, 0.3) is 11.3 Å². The molecule has 5 nitrogen and oxygen atoms in total. The minimum atomic E-state index is -0.642. The molecule has 0 spiro atoms. The molecule has 0 aliphatic rings. The van der Waals surface area contributed by atoms with E-state index in [2.05, 4.69) is 18.7 Å². The quantitative estimate of drug-likeness (QED) is 0.335. The summed E-state index contributed by atoms with van der Waals surface area (Å²) in [5.74, 6) is 0.187. The Hall–Kier alpha value is -3.48. The fourth-order valence-electron chi connectivity index (χ4n) is 3.95. The normalized spacial score (nSPS) is 12.3. The SMILES string of the molecule is CC(C)N(Cc1c(-c2ccccc2)nn(C)c1Oc1ccccc1F)CC(O)c1ccccc1. The van der Waals surface area contributed by atoms with Gasteiger partial charge in [-0.3, -0.25) is 4.90 Å². The number of aliphatic hydroxyl groups excluding tert-OH is 1. The van der Waals surface area contributed by atoms with E-state index in [0.717, 1.165) is 22.4 Å². The predicted octanol–water partition coefficient (Wildman–Crippen LogP) is 5.96. The number of nitrogens with zero attached hydrogens (tertiary/aromatic N) is 3. The molecule has 0 amide bonds. The van der Waals surface area contributed by atoms with Gasteiger partial charge >= 0.3 is 0 Å². The highest BCUT2D eigenvalue weighted by atomic mass is 19.1. The molecule has 4 aromatic rings. The Balaban J connectivity index is 1.72. The summed E-state index contributed by atoms with van der Waals surface area (Å²) in [5, 5.41) is 15.6. The zero-order valence-corrected chi connectivity index (χ0v) is 19.7. The van der Waals surface area contributed by atoms with E-state index in [-0.39, 0.29) is 11.8 Å². The van der Waals surface area contributed by atoms with Crippen molar-refractivity contribution in [3.8, 4) is 22.9 Å². The Morgan fingerprint density at radius 3 is 2.21 bits per heavy atom. The Bertz CT molecular complexity index is 1210. The van der Waals surface area contributed by atoms with Crippen LogP contribution in [-0.4, -0.2) is 32.4 Å². The van der Waals surface area contributed by atoms with E-state index in [4.69, 9.17) is 9.84 Å². The first-order valence-corrected chi connectivity index (χ1v) is 11.4. The van der Waals surface area contributed by atoms with Crippen molar-refractivity contribution in [2.24, 2.45) is 7.05 Å². The van der Waals surface area contributed by atoms with Crippen LogP contribution < -0.4 is 4.74 Å². The number of aromatic nitrogens is 2. The summed E-state index contributed by atoms with van der Waals surface area (Å²) in [6.45, 7) is 5.09. The maximum atomic E-state index is 14.4. The summed E-state index contributed by atoms with van der Waals surface area (Å²) < 4.78 is 22.1. The van der Waals surface area contributed by atoms with Gasteiger partial charge in [0.25, 0.3) is 0 Å². The van der Waals surface area contributed by atoms with Gasteiger partial charge in [-0.2, -0.15) is 5.10 Å². The first kappa shape index (κ1) is 23.7. The molecular weight excluding hydrogens is 429 g/mol. The molecule has 0 aliphatic carbocycles. The first-order valence-electron chi connectivity index (χ1n) is 11.4. The van der Waals surface area contributed by atoms with Gasteiger partial charge in [-0.25, -0.2) is 9.07 Å². The Morgan fingerprint density at radius 2 is 1.56 bits per heavy atom. The van der Waals surface area contributed by atoms with Crippen LogP contribution in [0.15, 0.2) is 84.9 Å². The lowest BCUT2D eigenvalue weighted by atomic mass is 10.1. The lowest BCUT2D eigenvalue weighted by molar-refractivity contribution is 0.0904. The summed E-state index contributed by atoms with van der Waals surface area (Å²) in [5.41, 5.74) is 3.43. The van der Waals surface area contributed by atoms with Gasteiger partial charge < -0.3 is 9.84 Å². The van der Waals surface area contributed by atoms with Gasteiger partial charge in [0.15, 0.2) is 11.6 Å². The van der Waals surface area contributed by atoms with E-state index >= 15 is 0 Å². The van der Waals surface area contributed by atoms with Crippen LogP contribution in [0.3, 0.4) is 0 Å². The number of halogens is 1. The van der Waals surface area contributed by atoms with Crippen molar-refractivity contribution < 1.29 is 14.2 Å². The molecule has 1 unspecified atom stereocenters. The van der Waals surface area contributed by atoms with Crippen molar-refractivity contribution in [1.82, 2.24) is 14.7 Å². The van der Waals surface area contributed by atoms with Crippen molar-refractivity contribution >= 4 is 0 Å². The van der Waals surface area contributed by atoms with Gasteiger partial charge in [0.05, 0.1) is 11.7 Å². The minimum Gasteiger partial charge on any atom is -0.436 e. The van der Waals surface area contributed by atoms with Gasteiger partial charge in [-0.05, 0) is 31.5 Å². The van der Waals surface area contributed by atoms with Crippen LogP contribution in [0.1, 0.15) is 31.1 Å². The third kappa shape index (κ3) is 5.35. The third-order valence-corrected chi connectivity index (χ3v) is 5.86. The molecule has 0 fully saturated rings. The van der Waals surface area contributed by atoms with Crippen molar-refractivity contribution in [2.75, 3.05) is 6.54 Å². The van der Waals surface area contributed by atoms with Gasteiger partial charge in [0.1, 0.15) is 5.69 Å². The molecular formula is C28H30FN3O2. The van der Waals surface area contributed by atoms with Crippen LogP contribution in [-0.2, 0) is 13.6 Å². The second-order valence-corrected chi connectivity index (χ2v) is 8.60. The second kappa shape index (κ2) is 10.6. The van der Waals surface area contributed by atoms with Crippen molar-refractivity contribution in [3.63, 3.8) is 0 Å². The van der Waals surface area contributed by atoms with E-state index < -0.39 is 11.9 Å². The number of hydrogen-bond donors (Lipinski definition) is 1. The highest BCUT2D eigenvalue weighted by Gasteiger charge is 2.25. The highest BCUT2D eigenvalue weighted by molar-refractivity contribution is 5.65. The molecule has 0 bridgehead atoms. The molecule has 1 heterocycles. The molecule has 0 radical (unpaired) electrons. The van der Waals surface area contributed by atoms with E-state index in [1.165, 1.54) is 6.07 Å². The van der Waals surface area contributed by atoms with E-state index in [9.17, 15) is 9.50 Å². The maximum absolute atomic E-state index is 14.4. The number of aliphatic hydroxyl groups is 1. The molecule has 1 aromatic heterocycles. The molecule has 0 aliphatic heterocycles. The van der Waals surface area contributed by atoms with E-state index in [1.54, 1.807) is 29.9 Å². The topological polar surface area (TPSA) is 50.5 Å². The lowest BCUT2D eigenvalue weighted by Gasteiger charge is -2.29. The van der Waals surface area contributed by atoms with Gasteiger partial charge in [0, 0.05) is 31.7 Å². The van der Waals surface area contributed by atoms with Crippen molar-refractivity contribution in [3.05, 3.63) is 102 Å². The van der Waals surface area contributed by atoms with Crippen LogP contribution in [0.2, 0.25) is 0 Å². The third-order valence-electron chi connectivity index (χ3n) is 5.86. The van der Waals surface area contributed by atoms with Crippen LogP contribution in [0.4, 0.5) is 4.39 Å². The summed E-state index contributed by atoms with van der Waals surface area (Å²) in [4.78, 5) is 2.18. The number of hydrogen-bond acceptors (Lipinski definition) is 4. The first-order chi connectivity index (χ1) is 16.4. The summed E-state index contributed by atoms with van der Waals surface area (Å²) >= 11 is 0. The van der Waals surface area contributed by atoms with Crippen LogP contribution >= 0.6 is 0 Å². The zero-order chi connectivity index (χ0) is 24.1. The number of para-hydroxylation sites is 1. The molecule has 0 saturated carbocycles. The van der Waals surface area contributed by atoms with E-state index in [0.29, 0.717) is 19.0 Å². The Kier molecular flexibility index (Phi) is 7.40. The molecule has 1 N–H and O–H groups in total. The van der Waals surface area contributed by atoms with Gasteiger partial charge in [-0.1, -0.05) is 72.8 Å². The standard InChI is InChI=1S/C28H30FN3O2/c1-20(2)32(19-25(33)21-12-6-4-7-13-21)18-23-27(22-14-8-5-9-15-22)30-31(3)28(23)34-26-17-11-10-16-24(26)29/h4-17,20,25,33H,18-19H2,1-3H3. The summed E-state index contributed by atoms with van der Waals surface area (Å²) in [6.07, 6.45) is -0.642. The Morgan fingerprint density at radius 1 is 0.941 bits per heavy atom. The zero-order valence-electron chi connectivity index (χ0n) is 19.7. The summed E-state index contributed by atoms with van der Waals surface area (Å²) in [6, 6.07) is 26.0. The van der Waals surface area contributed by atoms with Crippen LogP contribution in [0, 0.1) is 5.82 Å². The average molecular weight is 460 g/mol. The fraction of sp³-hybridized carbons (Fsp3) is 0.250. The maximum Gasteiger partial charge on any atom is 0.222 e. The van der Waals surface area contributed by atoms with E-state index in [1.807, 2.05) is 60.7 Å². The molecule has 3 aromatic carbocycles. The number of rotatable bonds is 9. The molecule has 6 heteroatoms. The second-order valence-electron chi connectivity index (χ2n) is 8.60. The van der Waals surface area contributed by atoms with Gasteiger partial charge in [0.2, 0.25) is 5.88 Å². The lowest BCUT2D eigenvalue weighted by Crippen LogP contribution is -2.34. The van der Waals surface area contributed by atoms with Crippen molar-refractivity contribution in [2.45, 2.75) is 32.5 Å². The smallest absolute Gasteiger partial charge is 0.222 e. The molecule has 4 rings (SSSR count). The minimum absolute atomic E-state index is 0.142. The highest BCUT2D eigenvalue weighted by Crippen LogP contribution is 2.35. The molecule has 176 valence electrons. The van der Waals surface area contributed by atoms with Gasteiger partial charge in [-0.15, -0.1) is 0 Å². The molecule has 1 atom stereocenters. The summed E-state index contributed by atoms with van der Waals surface area (Å²) in [7, 11) is 1.80. The fourth-order valence-corrected chi connectivity index (χ4v) is 3.95. The number of ether oxygens (including phenoxy) is 1. The average Bonchev–Trinajstić information content (AvgIpc) is 3.16. The number of benzene rings is 3. The molecule has 34 heavy (non-hydrogen) atoms. The Labute approximate surface area is 200 Å². The predicted molar refractivity (Wildman–Crippen MR) is 132 cm³/mol. The number of aryl methyl sites for hydroxylation is 1. The molecule has 0 saturated heterocycles. The van der Waals surface area contributed by atoms with Crippen LogP contribution in [0.5, 0.6) is 11.6 Å². The monoisotopic (exact) mass is 459 g/mol. The largest absolute Gasteiger partial charge is 0.436 e. The van der Waals surface area contributed by atoms with Crippen molar-refractivity contribution in [1.29, 1.82) is 0 Å².